The number of carbonyl (C=O) groups excluding carboxylic acids is 2. The van der Waals surface area contributed by atoms with Crippen molar-refractivity contribution >= 4 is 24.1 Å². The molecule has 1 saturated heterocycles. The smallest absolute Gasteiger partial charge is 0.269 e. The molecule has 0 N–H and O–H groups in total. The molecule has 0 aromatic rings. The number of rotatable bonds is 1. The average molecular weight is 219 g/mol. The predicted molar refractivity (Wildman–Crippen MR) is 57.2 cm³/mol. The fourth-order valence-corrected chi connectivity index (χ4v) is 1.78. The van der Waals surface area contributed by atoms with Crippen LogP contribution in [-0.2, 0) is 4.79 Å². The summed E-state index contributed by atoms with van der Waals surface area (Å²) in [7, 11) is 3.31. The molecule has 1 fully saturated rings. The van der Waals surface area contributed by atoms with Crippen LogP contribution < -0.4 is 0 Å². The van der Waals surface area contributed by atoms with Crippen LogP contribution in [0.5, 0.6) is 0 Å². The predicted octanol–water partition coefficient (Wildman–Crippen LogP) is -1.04. The summed E-state index contributed by atoms with van der Waals surface area (Å²) in [5.41, 5.74) is 0. The molecule has 0 bridgehead atoms. The van der Waals surface area contributed by atoms with Crippen LogP contribution in [-0.4, -0.2) is 65.2 Å². The van der Waals surface area contributed by atoms with E-state index >= 15 is 0 Å². The molecule has 1 atom stereocenters. The first-order valence-corrected chi connectivity index (χ1v) is 4.73. The highest BCUT2D eigenvalue weighted by Crippen LogP contribution is 2.16. The normalized spacial score (nSPS) is 23.9. The number of amidine groups is 1. The van der Waals surface area contributed by atoms with Gasteiger partial charge in [0, 0.05) is 7.05 Å². The number of terminal acetylenes is 1. The molecule has 0 aromatic carbocycles. The lowest BCUT2D eigenvalue weighted by Gasteiger charge is -2.31. The maximum Gasteiger partial charge on any atom is 0.334 e. The van der Waals surface area contributed by atoms with Gasteiger partial charge in [0.25, 0.3) is 24.1 Å². The summed E-state index contributed by atoms with van der Waals surface area (Å²) >= 11 is 0. The fraction of sp³-hybridized carbons (Fsp3) is 0.400. The van der Waals surface area contributed by atoms with Gasteiger partial charge in [-0.25, -0.2) is 14.3 Å². The lowest BCUT2D eigenvalue weighted by molar-refractivity contribution is -0.500. The largest absolute Gasteiger partial charge is 0.334 e. The molecular formula is C10H11N4O2+. The molecule has 0 aromatic heterocycles. The Bertz CT molecular complexity index is 472. The molecule has 6 heteroatoms. The van der Waals surface area contributed by atoms with Gasteiger partial charge in [0.15, 0.2) is 0 Å². The lowest BCUT2D eigenvalue weighted by atomic mass is 10.1. The van der Waals surface area contributed by atoms with Crippen molar-refractivity contribution < 1.29 is 14.2 Å². The average Bonchev–Trinajstić information content (AvgIpc) is 2.64. The van der Waals surface area contributed by atoms with Gasteiger partial charge in [0.2, 0.25) is 0 Å². The molecule has 0 saturated carbocycles. The molecule has 16 heavy (non-hydrogen) atoms. The van der Waals surface area contributed by atoms with Crippen molar-refractivity contribution in [3.05, 3.63) is 0 Å². The Kier molecular flexibility index (Phi) is 2.23. The van der Waals surface area contributed by atoms with Crippen molar-refractivity contribution in [2.24, 2.45) is 4.99 Å². The second kappa shape index (κ2) is 3.45. The van der Waals surface area contributed by atoms with Crippen LogP contribution in [0.25, 0.3) is 0 Å². The maximum absolute atomic E-state index is 12.0. The molecule has 2 rings (SSSR count). The molecule has 2 aliphatic heterocycles. The van der Waals surface area contributed by atoms with Crippen LogP contribution in [0.4, 0.5) is 4.79 Å². The van der Waals surface area contributed by atoms with Crippen molar-refractivity contribution in [1.82, 2.24) is 9.80 Å². The van der Waals surface area contributed by atoms with Crippen LogP contribution in [0, 0.1) is 12.3 Å². The van der Waals surface area contributed by atoms with Crippen LogP contribution in [0.15, 0.2) is 4.99 Å². The van der Waals surface area contributed by atoms with Crippen molar-refractivity contribution in [2.75, 3.05) is 20.6 Å². The second-order valence-corrected chi connectivity index (χ2v) is 3.64. The van der Waals surface area contributed by atoms with Crippen molar-refractivity contribution in [3.8, 4) is 12.3 Å². The highest BCUT2D eigenvalue weighted by Gasteiger charge is 2.50. The van der Waals surface area contributed by atoms with Gasteiger partial charge in [0.1, 0.15) is 0 Å². The van der Waals surface area contributed by atoms with Gasteiger partial charge in [-0.2, -0.15) is 0 Å². The molecule has 3 amide bonds. The Hall–Kier alpha value is -2.16. The number of nitrogens with zero attached hydrogens (tertiary/aromatic N) is 4. The molecular weight excluding hydrogens is 208 g/mol. The van der Waals surface area contributed by atoms with Gasteiger partial charge in [-0.05, 0) is 4.99 Å². The third kappa shape index (κ3) is 1.21. The van der Waals surface area contributed by atoms with E-state index in [-0.39, 0.29) is 12.5 Å². The zero-order valence-corrected chi connectivity index (χ0v) is 9.04. The Balaban J connectivity index is 2.39. The summed E-state index contributed by atoms with van der Waals surface area (Å²) in [5, 5.41) is 0. The van der Waals surface area contributed by atoms with Crippen molar-refractivity contribution in [1.29, 1.82) is 0 Å². The first-order chi connectivity index (χ1) is 7.57. The topological polar surface area (TPSA) is 56.0 Å². The van der Waals surface area contributed by atoms with E-state index in [4.69, 9.17) is 6.42 Å². The lowest BCUT2D eigenvalue weighted by Crippen LogP contribution is -2.62. The molecule has 0 spiro atoms. The highest BCUT2D eigenvalue weighted by atomic mass is 16.2. The number of likely N-dealkylation sites (N-methyl/N-ethyl adjacent to an activating group) is 2. The van der Waals surface area contributed by atoms with Gasteiger partial charge < -0.3 is 0 Å². The van der Waals surface area contributed by atoms with E-state index in [1.165, 1.54) is 11.2 Å². The number of urea groups is 1. The van der Waals surface area contributed by atoms with Gasteiger partial charge in [-0.1, -0.05) is 5.92 Å². The van der Waals surface area contributed by atoms with E-state index in [1.54, 1.807) is 18.7 Å². The number of amides is 3. The van der Waals surface area contributed by atoms with Gasteiger partial charge in [-0.3, -0.25) is 9.69 Å². The number of imide groups is 1. The number of hydrogen-bond acceptors (Lipinski definition) is 3. The highest BCUT2D eigenvalue weighted by molar-refractivity contribution is 6.21. The van der Waals surface area contributed by atoms with Crippen LogP contribution in [0.2, 0.25) is 0 Å². The summed E-state index contributed by atoms with van der Waals surface area (Å²) in [4.78, 5) is 30.2. The SMILES string of the molecule is C#CCN1C(=O)C2C(=NC=[N+]2C)N(C)C1=O. The molecule has 2 aliphatic rings. The minimum Gasteiger partial charge on any atom is -0.269 e. The monoisotopic (exact) mass is 219 g/mol. The zero-order valence-electron chi connectivity index (χ0n) is 9.04. The summed E-state index contributed by atoms with van der Waals surface area (Å²) in [6.45, 7) is -0.0143. The van der Waals surface area contributed by atoms with Crippen LogP contribution in [0.3, 0.4) is 0 Å². The summed E-state index contributed by atoms with van der Waals surface area (Å²) in [6, 6.07) is -0.960. The molecule has 0 aliphatic carbocycles. The fourth-order valence-electron chi connectivity index (χ4n) is 1.78. The standard InChI is InChI=1S/C10H11N4O2/c1-4-5-14-9(15)7-8(11-6-12(7)2)13(3)10(14)16/h1,6-7H,5H2,2-3H3/q+1. The molecule has 1 unspecified atom stereocenters. The number of carbonyl (C=O) groups is 2. The third-order valence-corrected chi connectivity index (χ3v) is 2.63. The molecule has 0 radical (unpaired) electrons. The number of aliphatic imine (C=N–C) groups is 1. The van der Waals surface area contributed by atoms with E-state index in [0.29, 0.717) is 5.84 Å². The first-order valence-electron chi connectivity index (χ1n) is 4.73. The van der Waals surface area contributed by atoms with E-state index in [1.807, 2.05) is 0 Å². The molecule has 2 heterocycles. The first kappa shape index (κ1) is 10.4. The number of hydrogen-bond donors (Lipinski definition) is 0. The van der Waals surface area contributed by atoms with E-state index < -0.39 is 12.1 Å². The third-order valence-electron chi connectivity index (χ3n) is 2.63. The summed E-state index contributed by atoms with van der Waals surface area (Å²) in [6.07, 6.45) is 6.66. The minimum atomic E-state index is -0.531. The zero-order chi connectivity index (χ0) is 11.9. The van der Waals surface area contributed by atoms with Gasteiger partial charge in [0.05, 0.1) is 13.6 Å². The van der Waals surface area contributed by atoms with E-state index in [9.17, 15) is 9.59 Å². The van der Waals surface area contributed by atoms with Gasteiger partial charge in [-0.15, -0.1) is 6.42 Å². The maximum atomic E-state index is 12.0. The van der Waals surface area contributed by atoms with Crippen molar-refractivity contribution in [3.63, 3.8) is 0 Å². The summed E-state index contributed by atoms with van der Waals surface area (Å²) in [5.74, 6) is 2.43. The molecule has 82 valence electrons. The Morgan fingerprint density at radius 2 is 2.31 bits per heavy atom. The number of fused-ring (bicyclic) bond motifs is 1. The molecule has 6 nitrogen and oxygen atoms in total. The Morgan fingerprint density at radius 1 is 1.62 bits per heavy atom. The minimum absolute atomic E-state index is 0.0143. The summed E-state index contributed by atoms with van der Waals surface area (Å²) < 4.78 is 1.66. The van der Waals surface area contributed by atoms with Crippen LogP contribution >= 0.6 is 0 Å². The van der Waals surface area contributed by atoms with Crippen LogP contribution in [0.1, 0.15) is 0 Å². The van der Waals surface area contributed by atoms with E-state index in [0.717, 1.165) is 4.90 Å². The van der Waals surface area contributed by atoms with Gasteiger partial charge >= 0.3 is 6.03 Å². The Morgan fingerprint density at radius 3 is 2.94 bits per heavy atom. The van der Waals surface area contributed by atoms with Crippen molar-refractivity contribution in [2.45, 2.75) is 6.04 Å². The Labute approximate surface area is 92.9 Å². The quantitative estimate of drug-likeness (QED) is 0.418. The second-order valence-electron chi connectivity index (χ2n) is 3.64. The van der Waals surface area contributed by atoms with E-state index in [2.05, 4.69) is 10.9 Å².